The van der Waals surface area contributed by atoms with Crippen LogP contribution in [0.1, 0.15) is 17.4 Å². The first-order valence-corrected chi connectivity index (χ1v) is 7.56. The van der Waals surface area contributed by atoms with Gasteiger partial charge in [-0.05, 0) is 53.5 Å². The van der Waals surface area contributed by atoms with Crippen molar-refractivity contribution in [2.75, 3.05) is 11.9 Å². The Morgan fingerprint density at radius 1 is 1.33 bits per heavy atom. The molecule has 0 amide bonds. The first-order chi connectivity index (χ1) is 8.69. The molecule has 1 N–H and O–H groups in total. The van der Waals surface area contributed by atoms with Gasteiger partial charge in [-0.2, -0.15) is 0 Å². The zero-order valence-corrected chi connectivity index (χ0v) is 12.9. The number of rotatable bonds is 5. The van der Waals surface area contributed by atoms with Crippen LogP contribution in [-0.4, -0.2) is 6.61 Å². The number of nitrogens with one attached hydrogen (secondary N) is 1. The zero-order valence-electron chi connectivity index (χ0n) is 10.5. The van der Waals surface area contributed by atoms with E-state index in [9.17, 15) is 0 Å². The Labute approximate surface area is 120 Å². The first-order valence-electron chi connectivity index (χ1n) is 5.89. The summed E-state index contributed by atoms with van der Waals surface area (Å²) in [5.41, 5.74) is 2.26. The molecule has 0 radical (unpaired) electrons. The van der Waals surface area contributed by atoms with Gasteiger partial charge in [0, 0.05) is 21.3 Å². The molecule has 4 heteroatoms. The number of ether oxygens (including phenoxy) is 1. The lowest BCUT2D eigenvalue weighted by atomic mass is 10.2. The lowest BCUT2D eigenvalue weighted by Crippen LogP contribution is -2.02. The van der Waals surface area contributed by atoms with Crippen LogP contribution in [0.5, 0.6) is 5.75 Å². The number of aryl methyl sites for hydroxylation is 1. The highest BCUT2D eigenvalue weighted by atomic mass is 79.9. The van der Waals surface area contributed by atoms with Crippen LogP contribution in [0.4, 0.5) is 5.69 Å². The predicted molar refractivity (Wildman–Crippen MR) is 81.7 cm³/mol. The smallest absolute Gasteiger partial charge is 0.142 e. The van der Waals surface area contributed by atoms with Crippen molar-refractivity contribution >= 4 is 33.0 Å². The molecule has 1 aromatic carbocycles. The molecule has 0 aliphatic rings. The van der Waals surface area contributed by atoms with Crippen molar-refractivity contribution in [3.05, 3.63) is 44.6 Å². The van der Waals surface area contributed by atoms with Crippen molar-refractivity contribution in [1.82, 2.24) is 0 Å². The summed E-state index contributed by atoms with van der Waals surface area (Å²) in [5, 5.41) is 5.51. The van der Waals surface area contributed by atoms with Crippen molar-refractivity contribution in [1.29, 1.82) is 0 Å². The predicted octanol–water partition coefficient (Wildman–Crippen LogP) is 4.83. The average Bonchev–Trinajstić information content (AvgIpc) is 2.75. The second-order valence-corrected chi connectivity index (χ2v) is 5.93. The van der Waals surface area contributed by atoms with E-state index in [1.54, 1.807) is 11.3 Å². The molecule has 0 aliphatic carbocycles. The maximum Gasteiger partial charge on any atom is 0.142 e. The van der Waals surface area contributed by atoms with Crippen LogP contribution in [-0.2, 0) is 6.54 Å². The van der Waals surface area contributed by atoms with Gasteiger partial charge in [0.2, 0.25) is 0 Å². The maximum absolute atomic E-state index is 5.64. The zero-order chi connectivity index (χ0) is 13.0. The van der Waals surface area contributed by atoms with Crippen molar-refractivity contribution in [3.63, 3.8) is 0 Å². The third-order valence-corrected chi connectivity index (χ3v) is 4.21. The highest BCUT2D eigenvalue weighted by molar-refractivity contribution is 9.10. The highest BCUT2D eigenvalue weighted by Crippen LogP contribution is 2.27. The van der Waals surface area contributed by atoms with Crippen LogP contribution in [0, 0.1) is 6.92 Å². The van der Waals surface area contributed by atoms with E-state index < -0.39 is 0 Å². The largest absolute Gasteiger partial charge is 0.492 e. The Kier molecular flexibility index (Phi) is 4.66. The van der Waals surface area contributed by atoms with Gasteiger partial charge < -0.3 is 10.1 Å². The van der Waals surface area contributed by atoms with Crippen LogP contribution < -0.4 is 10.1 Å². The second-order valence-electron chi connectivity index (χ2n) is 4.02. The fourth-order valence-corrected chi connectivity index (χ4v) is 3.07. The van der Waals surface area contributed by atoms with Gasteiger partial charge in [0.15, 0.2) is 0 Å². The van der Waals surface area contributed by atoms with E-state index >= 15 is 0 Å². The molecule has 2 nitrogen and oxygen atoms in total. The van der Waals surface area contributed by atoms with Gasteiger partial charge in [0.1, 0.15) is 5.75 Å². The number of halogens is 1. The Morgan fingerprint density at radius 2 is 2.17 bits per heavy atom. The summed E-state index contributed by atoms with van der Waals surface area (Å²) in [4.78, 5) is 1.30. The molecule has 0 fully saturated rings. The van der Waals surface area contributed by atoms with E-state index in [4.69, 9.17) is 4.74 Å². The summed E-state index contributed by atoms with van der Waals surface area (Å²) in [6, 6.07) is 8.36. The summed E-state index contributed by atoms with van der Waals surface area (Å²) in [7, 11) is 0. The van der Waals surface area contributed by atoms with Gasteiger partial charge >= 0.3 is 0 Å². The first kappa shape index (κ1) is 13.4. The Morgan fingerprint density at radius 3 is 2.83 bits per heavy atom. The molecule has 0 saturated carbocycles. The minimum absolute atomic E-state index is 0.683. The molecular weight excluding hydrogens is 310 g/mol. The molecule has 0 atom stereocenters. The van der Waals surface area contributed by atoms with Gasteiger partial charge in [0.05, 0.1) is 12.3 Å². The third kappa shape index (κ3) is 3.50. The molecule has 0 spiro atoms. The molecule has 96 valence electrons. The molecule has 2 rings (SSSR count). The summed E-state index contributed by atoms with van der Waals surface area (Å²) < 4.78 is 6.78. The van der Waals surface area contributed by atoms with E-state index in [0.29, 0.717) is 6.61 Å². The van der Waals surface area contributed by atoms with Crippen molar-refractivity contribution < 1.29 is 4.74 Å². The molecule has 0 aliphatic heterocycles. The lowest BCUT2D eigenvalue weighted by molar-refractivity contribution is 0.341. The number of hydrogen-bond donors (Lipinski definition) is 1. The number of hydrogen-bond acceptors (Lipinski definition) is 3. The van der Waals surface area contributed by atoms with Gasteiger partial charge in [-0.25, -0.2) is 0 Å². The molecular formula is C14H16BrNOS. The van der Waals surface area contributed by atoms with Crippen LogP contribution in [0.15, 0.2) is 34.1 Å². The number of thiophene rings is 1. The minimum Gasteiger partial charge on any atom is -0.492 e. The summed E-state index contributed by atoms with van der Waals surface area (Å²) >= 11 is 5.21. The Balaban J connectivity index is 2.08. The van der Waals surface area contributed by atoms with Crippen LogP contribution in [0.3, 0.4) is 0 Å². The maximum atomic E-state index is 5.64. The monoisotopic (exact) mass is 325 g/mol. The third-order valence-electron chi connectivity index (χ3n) is 2.51. The molecule has 0 saturated heterocycles. The summed E-state index contributed by atoms with van der Waals surface area (Å²) in [6.07, 6.45) is 0. The fraction of sp³-hybridized carbons (Fsp3) is 0.286. The van der Waals surface area contributed by atoms with Crippen molar-refractivity contribution in [2.45, 2.75) is 20.4 Å². The van der Waals surface area contributed by atoms with Crippen molar-refractivity contribution in [3.8, 4) is 5.75 Å². The molecule has 2 aromatic rings. The Hall–Kier alpha value is -1.000. The molecule has 1 heterocycles. The van der Waals surface area contributed by atoms with Gasteiger partial charge in [-0.3, -0.25) is 0 Å². The van der Waals surface area contributed by atoms with E-state index in [1.165, 1.54) is 10.4 Å². The molecule has 1 aromatic heterocycles. The average molecular weight is 326 g/mol. The minimum atomic E-state index is 0.683. The van der Waals surface area contributed by atoms with Gasteiger partial charge in [-0.15, -0.1) is 11.3 Å². The quantitative estimate of drug-likeness (QED) is 0.850. The second kappa shape index (κ2) is 6.25. The summed E-state index contributed by atoms with van der Waals surface area (Å²) in [5.74, 6) is 0.924. The van der Waals surface area contributed by atoms with Gasteiger partial charge in [0.25, 0.3) is 0 Å². The van der Waals surface area contributed by atoms with Crippen LogP contribution >= 0.6 is 27.3 Å². The van der Waals surface area contributed by atoms with Crippen LogP contribution in [0.25, 0.3) is 0 Å². The van der Waals surface area contributed by atoms with E-state index in [1.807, 2.05) is 6.92 Å². The fourth-order valence-electron chi connectivity index (χ4n) is 1.68. The Bertz CT molecular complexity index is 524. The number of benzene rings is 1. The van der Waals surface area contributed by atoms with Crippen molar-refractivity contribution in [2.24, 2.45) is 0 Å². The topological polar surface area (TPSA) is 21.3 Å². The standard InChI is InChI=1S/C14H16BrNOS/c1-3-17-14-6-10(2)4-5-13(14)16-8-12-7-11(15)9-18-12/h4-7,9,16H,3,8H2,1-2H3. The van der Waals surface area contributed by atoms with Gasteiger partial charge in [-0.1, -0.05) is 6.07 Å². The normalized spacial score (nSPS) is 10.4. The van der Waals surface area contributed by atoms with E-state index in [0.717, 1.165) is 22.5 Å². The van der Waals surface area contributed by atoms with E-state index in [-0.39, 0.29) is 0 Å². The lowest BCUT2D eigenvalue weighted by Gasteiger charge is -2.12. The van der Waals surface area contributed by atoms with Crippen LogP contribution in [0.2, 0.25) is 0 Å². The summed E-state index contributed by atoms with van der Waals surface area (Å²) in [6.45, 7) is 5.58. The highest BCUT2D eigenvalue weighted by Gasteiger charge is 2.04. The molecule has 0 unspecified atom stereocenters. The number of anilines is 1. The SMILES string of the molecule is CCOc1cc(C)ccc1NCc1cc(Br)cs1. The molecule has 0 bridgehead atoms. The van der Waals surface area contributed by atoms with E-state index in [2.05, 4.69) is 57.8 Å². The molecule has 18 heavy (non-hydrogen) atoms.